The van der Waals surface area contributed by atoms with Gasteiger partial charge in [0.1, 0.15) is 12.4 Å². The topological polar surface area (TPSA) is 47.6 Å². The summed E-state index contributed by atoms with van der Waals surface area (Å²) < 4.78 is 10.9. The SMILES string of the molecule is COc1ccc2c(c1)CCC(C(C)NCC(=O)OCc1ccccc1)C2c1ccccc1.Cl. The highest BCUT2D eigenvalue weighted by molar-refractivity contribution is 5.85. The normalized spacial score (nSPS) is 17.9. The zero-order chi connectivity index (χ0) is 22.3. The van der Waals surface area contributed by atoms with E-state index in [4.69, 9.17) is 9.47 Å². The standard InChI is InChI=1S/C28H31NO3.ClH/c1-20(29-18-27(30)32-19-21-9-5-3-6-10-21)25-15-13-23-17-24(31-2)14-16-26(23)28(25)22-11-7-4-8-12-22;/h3-12,14,16-17,20,25,28-29H,13,15,18-19H2,1-2H3;1H. The Balaban J connectivity index is 0.00000306. The predicted molar refractivity (Wildman–Crippen MR) is 134 cm³/mol. The smallest absolute Gasteiger partial charge is 0.320 e. The van der Waals surface area contributed by atoms with Crippen molar-refractivity contribution < 1.29 is 14.3 Å². The van der Waals surface area contributed by atoms with E-state index in [1.165, 1.54) is 16.7 Å². The molecule has 0 saturated heterocycles. The highest BCUT2D eigenvalue weighted by Crippen LogP contribution is 2.43. The number of carbonyl (C=O) groups is 1. The van der Waals surface area contributed by atoms with Crippen LogP contribution in [0.2, 0.25) is 0 Å². The van der Waals surface area contributed by atoms with Gasteiger partial charge in [0, 0.05) is 12.0 Å². The van der Waals surface area contributed by atoms with Crippen molar-refractivity contribution in [1.29, 1.82) is 0 Å². The minimum Gasteiger partial charge on any atom is -0.497 e. The van der Waals surface area contributed by atoms with Gasteiger partial charge in [-0.2, -0.15) is 0 Å². The molecule has 0 heterocycles. The molecule has 0 spiro atoms. The molecule has 3 aromatic carbocycles. The number of aryl methyl sites for hydroxylation is 1. The molecule has 0 aliphatic heterocycles. The molecule has 0 bridgehead atoms. The Morgan fingerprint density at radius 1 is 1.03 bits per heavy atom. The van der Waals surface area contributed by atoms with Crippen molar-refractivity contribution in [2.45, 2.75) is 38.3 Å². The Bertz CT molecular complexity index is 1030. The van der Waals surface area contributed by atoms with E-state index in [2.05, 4.69) is 60.8 Å². The first kappa shape index (κ1) is 24.8. The summed E-state index contributed by atoms with van der Waals surface area (Å²) >= 11 is 0. The Labute approximate surface area is 202 Å². The number of fused-ring (bicyclic) bond motifs is 1. The van der Waals surface area contributed by atoms with Gasteiger partial charge in [-0.25, -0.2) is 0 Å². The minimum atomic E-state index is -0.224. The van der Waals surface area contributed by atoms with Crippen molar-refractivity contribution >= 4 is 18.4 Å². The molecule has 3 aromatic rings. The molecule has 1 aliphatic carbocycles. The lowest BCUT2D eigenvalue weighted by molar-refractivity contribution is -0.144. The van der Waals surface area contributed by atoms with Crippen LogP contribution in [0.5, 0.6) is 5.75 Å². The van der Waals surface area contributed by atoms with Gasteiger partial charge in [0.15, 0.2) is 0 Å². The van der Waals surface area contributed by atoms with Gasteiger partial charge in [0.2, 0.25) is 0 Å². The van der Waals surface area contributed by atoms with E-state index in [-0.39, 0.29) is 36.9 Å². The molecule has 4 nitrogen and oxygen atoms in total. The third-order valence-electron chi connectivity index (χ3n) is 6.47. The van der Waals surface area contributed by atoms with E-state index in [1.807, 2.05) is 30.3 Å². The zero-order valence-electron chi connectivity index (χ0n) is 19.2. The van der Waals surface area contributed by atoms with E-state index < -0.39 is 0 Å². The fourth-order valence-electron chi connectivity index (χ4n) is 4.76. The molecule has 0 radical (unpaired) electrons. The van der Waals surface area contributed by atoms with Crippen molar-refractivity contribution in [3.05, 3.63) is 101 Å². The second kappa shape index (κ2) is 11.9. The summed E-state index contributed by atoms with van der Waals surface area (Å²) in [6, 6.07) is 27.0. The number of methoxy groups -OCH3 is 1. The number of nitrogens with one attached hydrogen (secondary N) is 1. The van der Waals surface area contributed by atoms with Gasteiger partial charge in [0.05, 0.1) is 13.7 Å². The maximum absolute atomic E-state index is 12.3. The number of esters is 1. The van der Waals surface area contributed by atoms with Gasteiger partial charge in [0.25, 0.3) is 0 Å². The van der Waals surface area contributed by atoms with Crippen LogP contribution in [0.4, 0.5) is 0 Å². The van der Waals surface area contributed by atoms with Crippen LogP contribution in [-0.4, -0.2) is 25.7 Å². The summed E-state index contributed by atoms with van der Waals surface area (Å²) in [5, 5.41) is 3.44. The summed E-state index contributed by atoms with van der Waals surface area (Å²) in [6.07, 6.45) is 2.05. The number of halogens is 1. The number of benzene rings is 3. The van der Waals surface area contributed by atoms with Gasteiger partial charge < -0.3 is 14.8 Å². The van der Waals surface area contributed by atoms with Crippen molar-refractivity contribution in [1.82, 2.24) is 5.32 Å². The first-order chi connectivity index (χ1) is 15.7. The lowest BCUT2D eigenvalue weighted by atomic mass is 9.69. The van der Waals surface area contributed by atoms with Gasteiger partial charge >= 0.3 is 5.97 Å². The largest absolute Gasteiger partial charge is 0.497 e. The number of carbonyl (C=O) groups excluding carboxylic acids is 1. The molecule has 1 aliphatic rings. The van der Waals surface area contributed by atoms with Crippen molar-refractivity contribution in [3.63, 3.8) is 0 Å². The highest BCUT2D eigenvalue weighted by Gasteiger charge is 2.34. The quantitative estimate of drug-likeness (QED) is 0.444. The Kier molecular flexibility index (Phi) is 8.93. The van der Waals surface area contributed by atoms with Crippen molar-refractivity contribution in [3.8, 4) is 5.75 Å². The van der Waals surface area contributed by atoms with Crippen LogP contribution in [0.25, 0.3) is 0 Å². The Hall–Kier alpha value is -2.82. The van der Waals surface area contributed by atoms with Crippen LogP contribution >= 0.6 is 12.4 Å². The summed E-state index contributed by atoms with van der Waals surface area (Å²) in [7, 11) is 1.71. The first-order valence-electron chi connectivity index (χ1n) is 11.3. The summed E-state index contributed by atoms with van der Waals surface area (Å²) in [6.45, 7) is 2.70. The fourth-order valence-corrected chi connectivity index (χ4v) is 4.76. The fraction of sp³-hybridized carbons (Fsp3) is 0.321. The van der Waals surface area contributed by atoms with Crippen molar-refractivity contribution in [2.75, 3.05) is 13.7 Å². The molecular formula is C28H32ClNO3. The van der Waals surface area contributed by atoms with E-state index >= 15 is 0 Å². The van der Waals surface area contributed by atoms with Gasteiger partial charge in [-0.1, -0.05) is 66.7 Å². The van der Waals surface area contributed by atoms with Crippen molar-refractivity contribution in [2.24, 2.45) is 5.92 Å². The molecule has 174 valence electrons. The molecule has 0 saturated carbocycles. The van der Waals surface area contributed by atoms with Gasteiger partial charge in [-0.15, -0.1) is 12.4 Å². The lowest BCUT2D eigenvalue weighted by Crippen LogP contribution is -2.41. The molecule has 0 amide bonds. The third kappa shape index (κ3) is 6.16. The number of ether oxygens (including phenoxy) is 2. The van der Waals surface area contributed by atoms with E-state index in [9.17, 15) is 4.79 Å². The zero-order valence-corrected chi connectivity index (χ0v) is 20.0. The molecular weight excluding hydrogens is 434 g/mol. The molecule has 5 heteroatoms. The Morgan fingerprint density at radius 3 is 2.42 bits per heavy atom. The lowest BCUT2D eigenvalue weighted by Gasteiger charge is -2.38. The first-order valence-corrected chi connectivity index (χ1v) is 11.3. The van der Waals surface area contributed by atoms with Crippen LogP contribution in [0.15, 0.2) is 78.9 Å². The number of hydrogen-bond donors (Lipinski definition) is 1. The average molecular weight is 466 g/mol. The van der Waals surface area contributed by atoms with Crippen LogP contribution in [0.3, 0.4) is 0 Å². The summed E-state index contributed by atoms with van der Waals surface area (Å²) in [5.41, 5.74) is 5.01. The number of hydrogen-bond acceptors (Lipinski definition) is 4. The minimum absolute atomic E-state index is 0. The van der Waals surface area contributed by atoms with E-state index in [0.29, 0.717) is 12.5 Å². The van der Waals surface area contributed by atoms with Gasteiger partial charge in [-0.05, 0) is 60.1 Å². The van der Waals surface area contributed by atoms with E-state index in [0.717, 1.165) is 24.2 Å². The third-order valence-corrected chi connectivity index (χ3v) is 6.47. The summed E-state index contributed by atoms with van der Waals surface area (Å²) in [5.74, 6) is 1.33. The Morgan fingerprint density at radius 2 is 1.73 bits per heavy atom. The molecule has 33 heavy (non-hydrogen) atoms. The maximum Gasteiger partial charge on any atom is 0.320 e. The average Bonchev–Trinajstić information content (AvgIpc) is 2.86. The monoisotopic (exact) mass is 465 g/mol. The predicted octanol–water partition coefficient (Wildman–Crippen LogP) is 5.53. The molecule has 4 rings (SSSR count). The molecule has 3 unspecified atom stereocenters. The second-order valence-electron chi connectivity index (χ2n) is 8.47. The highest BCUT2D eigenvalue weighted by atomic mass is 35.5. The van der Waals surface area contributed by atoms with Gasteiger partial charge in [-0.3, -0.25) is 4.79 Å². The van der Waals surface area contributed by atoms with E-state index in [1.54, 1.807) is 7.11 Å². The second-order valence-corrected chi connectivity index (χ2v) is 8.47. The van der Waals surface area contributed by atoms with Crippen LogP contribution < -0.4 is 10.1 Å². The van der Waals surface area contributed by atoms with Crippen LogP contribution in [-0.2, 0) is 22.6 Å². The molecule has 0 fully saturated rings. The maximum atomic E-state index is 12.3. The molecule has 1 N–H and O–H groups in total. The summed E-state index contributed by atoms with van der Waals surface area (Å²) in [4.78, 5) is 12.3. The van der Waals surface area contributed by atoms with Crippen LogP contribution in [0, 0.1) is 5.92 Å². The molecule has 3 atom stereocenters. The molecule has 0 aromatic heterocycles. The number of rotatable bonds is 8. The van der Waals surface area contributed by atoms with Crippen LogP contribution in [0.1, 0.15) is 41.5 Å².